The summed E-state index contributed by atoms with van der Waals surface area (Å²) in [5.74, 6) is 1.21. The molecule has 1 unspecified atom stereocenters. The number of hydrogen-bond donors (Lipinski definition) is 0. The molecule has 0 aliphatic carbocycles. The van der Waals surface area contributed by atoms with Crippen LogP contribution in [0.3, 0.4) is 0 Å². The third-order valence-corrected chi connectivity index (χ3v) is 3.98. The van der Waals surface area contributed by atoms with Crippen LogP contribution >= 0.6 is 0 Å². The molecule has 1 aliphatic rings. The molecule has 134 valence electrons. The summed E-state index contributed by atoms with van der Waals surface area (Å²) in [5.41, 5.74) is 0.518. The number of hydrogen-bond acceptors (Lipinski definition) is 5. The van der Waals surface area contributed by atoms with Crippen LogP contribution in [0.25, 0.3) is 11.4 Å². The predicted octanol–water partition coefficient (Wildman–Crippen LogP) is 1.89. The summed E-state index contributed by atoms with van der Waals surface area (Å²) < 4.78 is 13.2. The van der Waals surface area contributed by atoms with Crippen molar-refractivity contribution in [3.63, 3.8) is 0 Å². The molecule has 3 rings (SSSR count). The Kier molecular flexibility index (Phi) is 4.76. The van der Waals surface area contributed by atoms with Crippen LogP contribution in [0, 0.1) is 0 Å². The fraction of sp³-hybridized carbons (Fsp3) is 0.500. The van der Waals surface area contributed by atoms with Gasteiger partial charge in [0.15, 0.2) is 12.4 Å². The van der Waals surface area contributed by atoms with Gasteiger partial charge in [-0.1, -0.05) is 12.1 Å². The van der Waals surface area contributed by atoms with Gasteiger partial charge in [-0.3, -0.25) is 9.48 Å². The second-order valence-electron chi connectivity index (χ2n) is 7.02. The number of aryl methyl sites for hydroxylation is 1. The van der Waals surface area contributed by atoms with Gasteiger partial charge in [0.25, 0.3) is 5.91 Å². The minimum absolute atomic E-state index is 0.00189. The molecule has 0 saturated carbocycles. The quantitative estimate of drug-likeness (QED) is 0.847. The van der Waals surface area contributed by atoms with Crippen molar-refractivity contribution in [3.05, 3.63) is 30.6 Å². The predicted molar refractivity (Wildman–Crippen MR) is 93.1 cm³/mol. The molecule has 7 nitrogen and oxygen atoms in total. The number of morpholine rings is 1. The van der Waals surface area contributed by atoms with Crippen molar-refractivity contribution in [2.45, 2.75) is 32.5 Å². The van der Waals surface area contributed by atoms with Crippen LogP contribution in [0.1, 0.15) is 20.8 Å². The fourth-order valence-electron chi connectivity index (χ4n) is 3.08. The number of carbonyl (C=O) groups is 1. The Morgan fingerprint density at radius 2 is 2.24 bits per heavy atom. The minimum Gasteiger partial charge on any atom is -0.484 e. The van der Waals surface area contributed by atoms with Gasteiger partial charge in [-0.2, -0.15) is 5.10 Å². The molecule has 0 bridgehead atoms. The van der Waals surface area contributed by atoms with E-state index in [1.54, 1.807) is 15.9 Å². The van der Waals surface area contributed by atoms with Crippen LogP contribution < -0.4 is 4.74 Å². The molecule has 0 radical (unpaired) electrons. The molecule has 7 heteroatoms. The van der Waals surface area contributed by atoms with Crippen molar-refractivity contribution in [1.29, 1.82) is 0 Å². The molecule has 0 N–H and O–H groups in total. The smallest absolute Gasteiger partial charge is 0.260 e. The van der Waals surface area contributed by atoms with Gasteiger partial charge in [0, 0.05) is 25.7 Å². The van der Waals surface area contributed by atoms with E-state index in [-0.39, 0.29) is 24.2 Å². The number of amides is 1. The average molecular weight is 344 g/mol. The van der Waals surface area contributed by atoms with Crippen molar-refractivity contribution < 1.29 is 14.3 Å². The maximum atomic E-state index is 12.5. The number of rotatable bonds is 4. The Balaban J connectivity index is 1.62. The van der Waals surface area contributed by atoms with Gasteiger partial charge < -0.3 is 14.4 Å². The summed E-state index contributed by atoms with van der Waals surface area (Å²) >= 11 is 0. The lowest BCUT2D eigenvalue weighted by Gasteiger charge is -2.41. The molecule has 1 aromatic heterocycles. The van der Waals surface area contributed by atoms with Crippen molar-refractivity contribution >= 4 is 5.91 Å². The average Bonchev–Trinajstić information content (AvgIpc) is 2.97. The molecule has 1 atom stereocenters. The van der Waals surface area contributed by atoms with E-state index in [0.29, 0.717) is 24.7 Å². The third-order valence-electron chi connectivity index (χ3n) is 3.98. The van der Waals surface area contributed by atoms with E-state index in [0.717, 1.165) is 5.56 Å². The molecule has 1 saturated heterocycles. The first kappa shape index (κ1) is 17.4. The zero-order valence-electron chi connectivity index (χ0n) is 15.1. The molecule has 1 aliphatic heterocycles. The first-order valence-electron chi connectivity index (χ1n) is 8.37. The van der Waals surface area contributed by atoms with Gasteiger partial charge in [0.2, 0.25) is 0 Å². The first-order chi connectivity index (χ1) is 11.8. The van der Waals surface area contributed by atoms with Crippen molar-refractivity contribution in [3.8, 4) is 17.1 Å². The summed E-state index contributed by atoms with van der Waals surface area (Å²) in [6, 6.07) is 7.45. The van der Waals surface area contributed by atoms with Crippen LogP contribution in [-0.2, 0) is 16.6 Å². The SMILES string of the molecule is CC1CN(C(=O)COc2cccc(-c3ncn(C)n3)c2)CC(C)(C)O1. The first-order valence-corrected chi connectivity index (χ1v) is 8.37. The highest BCUT2D eigenvalue weighted by Crippen LogP contribution is 2.22. The molecule has 1 fully saturated rings. The van der Waals surface area contributed by atoms with Crippen LogP contribution in [0.2, 0.25) is 0 Å². The maximum Gasteiger partial charge on any atom is 0.260 e. The van der Waals surface area contributed by atoms with Gasteiger partial charge in [0.1, 0.15) is 12.1 Å². The topological polar surface area (TPSA) is 69.5 Å². The Morgan fingerprint density at radius 1 is 1.44 bits per heavy atom. The molecule has 2 aromatic rings. The zero-order valence-corrected chi connectivity index (χ0v) is 15.1. The van der Waals surface area contributed by atoms with E-state index in [4.69, 9.17) is 9.47 Å². The Bertz CT molecular complexity index is 756. The van der Waals surface area contributed by atoms with E-state index in [1.807, 2.05) is 52.1 Å². The second-order valence-corrected chi connectivity index (χ2v) is 7.02. The van der Waals surface area contributed by atoms with Crippen molar-refractivity contribution in [2.24, 2.45) is 7.05 Å². The van der Waals surface area contributed by atoms with E-state index in [2.05, 4.69) is 10.1 Å². The van der Waals surface area contributed by atoms with E-state index >= 15 is 0 Å². The summed E-state index contributed by atoms with van der Waals surface area (Å²) in [4.78, 5) is 18.5. The summed E-state index contributed by atoms with van der Waals surface area (Å²) in [6.07, 6.45) is 1.67. The Morgan fingerprint density at radius 3 is 2.92 bits per heavy atom. The number of benzene rings is 1. The number of aromatic nitrogens is 3. The standard InChI is InChI=1S/C18H24N4O3/c1-13-9-22(11-18(2,3)25-13)16(23)10-24-15-7-5-6-14(8-15)17-19-12-21(4)20-17/h5-8,12-13H,9-11H2,1-4H3. The second kappa shape index (κ2) is 6.84. The van der Waals surface area contributed by atoms with Crippen molar-refractivity contribution in [2.75, 3.05) is 19.7 Å². The van der Waals surface area contributed by atoms with Crippen LogP contribution in [0.15, 0.2) is 30.6 Å². The van der Waals surface area contributed by atoms with Gasteiger partial charge in [0.05, 0.1) is 11.7 Å². The summed E-state index contributed by atoms with van der Waals surface area (Å²) in [7, 11) is 1.82. The van der Waals surface area contributed by atoms with Crippen LogP contribution in [-0.4, -0.2) is 57.0 Å². The fourth-order valence-corrected chi connectivity index (χ4v) is 3.08. The van der Waals surface area contributed by atoms with Gasteiger partial charge in [-0.15, -0.1) is 0 Å². The van der Waals surface area contributed by atoms with Crippen LogP contribution in [0.5, 0.6) is 5.75 Å². The molecule has 1 amide bonds. The Labute approximate surface area is 147 Å². The highest BCUT2D eigenvalue weighted by atomic mass is 16.5. The maximum absolute atomic E-state index is 12.5. The molecule has 1 aromatic carbocycles. The zero-order chi connectivity index (χ0) is 18.0. The highest BCUT2D eigenvalue weighted by Gasteiger charge is 2.33. The van der Waals surface area contributed by atoms with Gasteiger partial charge in [-0.25, -0.2) is 4.98 Å². The lowest BCUT2D eigenvalue weighted by Crippen LogP contribution is -2.54. The lowest BCUT2D eigenvalue weighted by atomic mass is 10.1. The van der Waals surface area contributed by atoms with Gasteiger partial charge in [-0.05, 0) is 32.9 Å². The van der Waals surface area contributed by atoms with E-state index in [1.165, 1.54) is 0 Å². The van der Waals surface area contributed by atoms with Gasteiger partial charge >= 0.3 is 0 Å². The number of ether oxygens (including phenoxy) is 2. The molecule has 0 spiro atoms. The highest BCUT2D eigenvalue weighted by molar-refractivity contribution is 5.78. The summed E-state index contributed by atoms with van der Waals surface area (Å²) in [5, 5.41) is 4.28. The number of nitrogens with zero attached hydrogens (tertiary/aromatic N) is 4. The third kappa shape index (κ3) is 4.36. The van der Waals surface area contributed by atoms with E-state index < -0.39 is 0 Å². The molecule has 25 heavy (non-hydrogen) atoms. The largest absolute Gasteiger partial charge is 0.484 e. The van der Waals surface area contributed by atoms with Crippen LogP contribution in [0.4, 0.5) is 0 Å². The van der Waals surface area contributed by atoms with Crippen molar-refractivity contribution in [1.82, 2.24) is 19.7 Å². The normalized spacial score (nSPS) is 19.7. The molecular weight excluding hydrogens is 320 g/mol. The monoisotopic (exact) mass is 344 g/mol. The lowest BCUT2D eigenvalue weighted by molar-refractivity contribution is -0.159. The minimum atomic E-state index is -0.335. The Hall–Kier alpha value is -2.41. The number of carbonyl (C=O) groups excluding carboxylic acids is 1. The van der Waals surface area contributed by atoms with E-state index in [9.17, 15) is 4.79 Å². The summed E-state index contributed by atoms with van der Waals surface area (Å²) in [6.45, 7) is 7.12. The molecule has 2 heterocycles. The molecular formula is C18H24N4O3.